The molecule has 0 radical (unpaired) electrons. The van der Waals surface area contributed by atoms with Gasteiger partial charge in [-0.05, 0) is 66.2 Å². The number of benzene rings is 2. The molecule has 46 heavy (non-hydrogen) atoms. The molecule has 2 unspecified atom stereocenters. The third kappa shape index (κ3) is 4.43. The van der Waals surface area contributed by atoms with Gasteiger partial charge in [-0.25, -0.2) is 0 Å². The van der Waals surface area contributed by atoms with Crippen LogP contribution >= 0.6 is 0 Å². The largest absolute Gasteiger partial charge is 0.504 e. The van der Waals surface area contributed by atoms with Gasteiger partial charge in [-0.3, -0.25) is 9.59 Å². The minimum absolute atomic E-state index is 0.0156. The maximum absolute atomic E-state index is 13.8. The molecule has 2 aromatic carbocycles. The number of aromatic hydroxyl groups is 1. The highest BCUT2D eigenvalue weighted by Crippen LogP contribution is 2.68. The summed E-state index contributed by atoms with van der Waals surface area (Å²) in [6.45, 7) is 9.98. The number of esters is 1. The normalized spacial score (nSPS) is 37.1. The number of ketones is 1. The number of Topliss-reactive ketones (excluding diaryl/α,β-unsaturated/α-hetero) is 1. The fraction of sp³-hybridized carbons (Fsp3) is 0.459. The van der Waals surface area contributed by atoms with Gasteiger partial charge in [-0.1, -0.05) is 62.1 Å². The molecule has 7 rings (SSSR count). The van der Waals surface area contributed by atoms with E-state index in [9.17, 15) is 19.8 Å². The lowest BCUT2D eigenvalue weighted by atomic mass is 9.55. The number of fused-ring (bicyclic) bond motifs is 2. The molecule has 9 heteroatoms. The third-order valence-electron chi connectivity index (χ3n) is 10.7. The Balaban J connectivity index is 1.27. The van der Waals surface area contributed by atoms with E-state index in [1.165, 1.54) is 13.2 Å². The molecule has 1 saturated carbocycles. The first-order valence-corrected chi connectivity index (χ1v) is 15.8. The van der Waals surface area contributed by atoms with Crippen molar-refractivity contribution >= 4 is 11.8 Å². The van der Waals surface area contributed by atoms with Crippen LogP contribution in [0.2, 0.25) is 0 Å². The van der Waals surface area contributed by atoms with Crippen molar-refractivity contribution in [1.82, 2.24) is 0 Å². The van der Waals surface area contributed by atoms with Crippen molar-refractivity contribution in [3.8, 4) is 11.5 Å². The number of hydrogen-bond donors (Lipinski definition) is 2. The number of phenolic OH excluding ortho intramolecular Hbond substituents is 1. The lowest BCUT2D eigenvalue weighted by Gasteiger charge is -2.59. The van der Waals surface area contributed by atoms with Gasteiger partial charge in [0, 0.05) is 18.3 Å². The van der Waals surface area contributed by atoms with Crippen molar-refractivity contribution in [2.45, 2.75) is 75.3 Å². The Bertz CT molecular complexity index is 1680. The number of carbonyl (C=O) groups is 2. The van der Waals surface area contributed by atoms with Gasteiger partial charge < -0.3 is 33.9 Å². The minimum Gasteiger partial charge on any atom is -0.504 e. The summed E-state index contributed by atoms with van der Waals surface area (Å²) in [4.78, 5) is 26.8. The maximum atomic E-state index is 13.8. The Morgan fingerprint density at radius 1 is 1.11 bits per heavy atom. The lowest BCUT2D eigenvalue weighted by Crippen LogP contribution is -2.70. The molecule has 0 amide bonds. The molecule has 2 aromatic rings. The summed E-state index contributed by atoms with van der Waals surface area (Å²) in [5, 5.41) is 22.3. The van der Waals surface area contributed by atoms with Crippen LogP contribution < -0.4 is 4.74 Å². The summed E-state index contributed by atoms with van der Waals surface area (Å²) in [7, 11) is 1.44. The topological polar surface area (TPSA) is 121 Å². The van der Waals surface area contributed by atoms with Crippen molar-refractivity contribution in [3.05, 3.63) is 95.1 Å². The highest BCUT2D eigenvalue weighted by atomic mass is 16.9. The molecular formula is C37H40O9. The number of phenols is 1. The number of carbonyl (C=O) groups excluding carboxylic acids is 2. The summed E-state index contributed by atoms with van der Waals surface area (Å²) in [6.07, 6.45) is 4.13. The molecule has 9 nitrogen and oxygen atoms in total. The average Bonchev–Trinajstić information content (AvgIpc) is 3.32. The summed E-state index contributed by atoms with van der Waals surface area (Å²) in [5.41, 5.74) is -0.241. The van der Waals surface area contributed by atoms with Gasteiger partial charge in [0.05, 0.1) is 25.6 Å². The number of aliphatic hydroxyl groups is 1. The molecule has 2 N–H and O–H groups in total. The molecule has 8 atom stereocenters. The van der Waals surface area contributed by atoms with Crippen molar-refractivity contribution < 1.29 is 43.5 Å². The molecular weight excluding hydrogens is 588 g/mol. The highest BCUT2D eigenvalue weighted by molar-refractivity contribution is 6.04. The van der Waals surface area contributed by atoms with E-state index in [-0.39, 0.29) is 42.6 Å². The van der Waals surface area contributed by atoms with Crippen LogP contribution in [0.3, 0.4) is 0 Å². The minimum atomic E-state index is -1.80. The van der Waals surface area contributed by atoms with E-state index in [0.29, 0.717) is 29.6 Å². The van der Waals surface area contributed by atoms with Crippen LogP contribution in [0.1, 0.15) is 44.7 Å². The molecule has 2 aliphatic heterocycles. The van der Waals surface area contributed by atoms with E-state index >= 15 is 0 Å². The van der Waals surface area contributed by atoms with Gasteiger partial charge in [0.15, 0.2) is 17.3 Å². The molecule has 0 spiro atoms. The lowest BCUT2D eigenvalue weighted by molar-refractivity contribution is -0.421. The highest BCUT2D eigenvalue weighted by Gasteiger charge is 2.79. The summed E-state index contributed by atoms with van der Waals surface area (Å²) < 4.78 is 31.8. The smallest absolute Gasteiger partial charge is 0.310 e. The molecule has 5 aliphatic rings. The van der Waals surface area contributed by atoms with Gasteiger partial charge in [0.1, 0.15) is 23.9 Å². The van der Waals surface area contributed by atoms with Crippen molar-refractivity contribution in [3.63, 3.8) is 0 Å². The van der Waals surface area contributed by atoms with Crippen LogP contribution in [0, 0.1) is 17.8 Å². The van der Waals surface area contributed by atoms with E-state index in [4.69, 9.17) is 23.7 Å². The SMILES string of the molecule is C=C(C)[C@]12C[C@@H](C)[C@@]34OC(Cc5ccccc5)(O[C@@H]1[C@@H]3C=C(COC(=O)Cc1ccc(O)c(OC)c1)C[C@]1(O)C(=O)C(C)=CC41)O2. The summed E-state index contributed by atoms with van der Waals surface area (Å²) in [6, 6.07) is 14.5. The van der Waals surface area contributed by atoms with Crippen LogP contribution in [0.5, 0.6) is 11.5 Å². The fourth-order valence-corrected chi connectivity index (χ4v) is 8.71. The number of methoxy groups -OCH3 is 1. The Labute approximate surface area is 268 Å². The molecule has 2 heterocycles. The zero-order chi connectivity index (χ0) is 32.6. The van der Waals surface area contributed by atoms with Gasteiger partial charge in [0.25, 0.3) is 5.97 Å². The van der Waals surface area contributed by atoms with Crippen molar-refractivity contribution in [2.75, 3.05) is 13.7 Å². The third-order valence-corrected chi connectivity index (χ3v) is 10.7. The number of hydrogen-bond acceptors (Lipinski definition) is 9. The van der Waals surface area contributed by atoms with Gasteiger partial charge >= 0.3 is 5.97 Å². The van der Waals surface area contributed by atoms with E-state index in [0.717, 1.165) is 11.1 Å². The molecule has 3 bridgehead atoms. The zero-order valence-electron chi connectivity index (χ0n) is 26.6. The molecule has 0 aromatic heterocycles. The van der Waals surface area contributed by atoms with Crippen LogP contribution in [0.4, 0.5) is 0 Å². The summed E-state index contributed by atoms with van der Waals surface area (Å²) in [5.74, 6) is -3.37. The van der Waals surface area contributed by atoms with E-state index in [1.54, 1.807) is 19.1 Å². The Morgan fingerprint density at radius 3 is 2.59 bits per heavy atom. The quantitative estimate of drug-likeness (QED) is 0.315. The van der Waals surface area contributed by atoms with Crippen molar-refractivity contribution in [1.29, 1.82) is 0 Å². The Kier molecular flexibility index (Phi) is 7.14. The van der Waals surface area contributed by atoms with Gasteiger partial charge in [0.2, 0.25) is 0 Å². The monoisotopic (exact) mass is 628 g/mol. The van der Waals surface area contributed by atoms with Crippen LogP contribution in [0.15, 0.2) is 84.0 Å². The predicted molar refractivity (Wildman–Crippen MR) is 167 cm³/mol. The fourth-order valence-electron chi connectivity index (χ4n) is 8.71. The molecule has 3 aliphatic carbocycles. The second kappa shape index (κ2) is 10.6. The maximum Gasteiger partial charge on any atom is 0.310 e. The first-order valence-electron chi connectivity index (χ1n) is 15.8. The van der Waals surface area contributed by atoms with Gasteiger partial charge in [-0.2, -0.15) is 0 Å². The average molecular weight is 629 g/mol. The van der Waals surface area contributed by atoms with E-state index in [1.807, 2.05) is 49.4 Å². The molecule has 2 saturated heterocycles. The zero-order valence-corrected chi connectivity index (χ0v) is 26.6. The van der Waals surface area contributed by atoms with Crippen molar-refractivity contribution in [2.24, 2.45) is 17.8 Å². The molecule has 3 fully saturated rings. The molecule has 242 valence electrons. The van der Waals surface area contributed by atoms with E-state index in [2.05, 4.69) is 13.5 Å². The first-order chi connectivity index (χ1) is 21.9. The Morgan fingerprint density at radius 2 is 1.87 bits per heavy atom. The van der Waals surface area contributed by atoms with E-state index < -0.39 is 46.7 Å². The Hall–Kier alpha value is -3.76. The van der Waals surface area contributed by atoms with Crippen LogP contribution in [0.25, 0.3) is 0 Å². The second-order valence-electron chi connectivity index (χ2n) is 13.7. The summed E-state index contributed by atoms with van der Waals surface area (Å²) >= 11 is 0. The number of ether oxygens (including phenoxy) is 5. The number of rotatable bonds is 8. The van der Waals surface area contributed by atoms with Crippen LogP contribution in [-0.2, 0) is 41.4 Å². The standard InChI is InChI=1S/C37H40O9/c1-21(2)35-17-23(4)37-27(33(35)44-36(45-35,46-37)19-24-9-7-6-8-10-24)14-26(18-34(41)30(37)13-22(3)32(34)40)20-43-31(39)16-25-11-12-28(38)29(15-25)42-5/h6-15,23,27,30,33,38,41H,1,16-20H2,2-5H3/t23-,27+,30?,33-,34-,35-,36?,37-/m1/s1. The van der Waals surface area contributed by atoms with Crippen LogP contribution in [-0.4, -0.2) is 64.6 Å². The first kappa shape index (κ1) is 30.9. The predicted octanol–water partition coefficient (Wildman–Crippen LogP) is 4.74. The van der Waals surface area contributed by atoms with Gasteiger partial charge in [-0.15, -0.1) is 0 Å². The second-order valence-corrected chi connectivity index (χ2v) is 13.7.